The molecule has 15 heavy (non-hydrogen) atoms. The van der Waals surface area contributed by atoms with Crippen LogP contribution in [0.2, 0.25) is 0 Å². The smallest absolute Gasteiger partial charge is 0.136 e. The van der Waals surface area contributed by atoms with E-state index in [-0.39, 0.29) is 6.04 Å². The van der Waals surface area contributed by atoms with E-state index in [0.717, 1.165) is 24.0 Å². The van der Waals surface area contributed by atoms with E-state index >= 15 is 0 Å². The maximum absolute atomic E-state index is 14.7. The zero-order valence-electron chi connectivity index (χ0n) is 9.17. The molecule has 2 heteroatoms. The number of aryl methyl sites for hydroxylation is 1. The van der Waals surface area contributed by atoms with Crippen LogP contribution < -0.4 is 5.73 Å². The third-order valence-electron chi connectivity index (χ3n) is 3.45. The van der Waals surface area contributed by atoms with Crippen LogP contribution in [0.1, 0.15) is 36.8 Å². The van der Waals surface area contributed by atoms with Gasteiger partial charge in [0.1, 0.15) is 5.67 Å². The average Bonchev–Trinajstić information content (AvgIpc) is 2.23. The first-order valence-corrected chi connectivity index (χ1v) is 5.62. The molecule has 1 saturated carbocycles. The molecule has 1 aromatic rings. The number of hydrogen-bond donors (Lipinski definition) is 1. The minimum atomic E-state index is -1.14. The second-order valence-electron chi connectivity index (χ2n) is 4.62. The highest BCUT2D eigenvalue weighted by Gasteiger charge is 2.36. The van der Waals surface area contributed by atoms with Gasteiger partial charge in [0.15, 0.2) is 0 Å². The average molecular weight is 207 g/mol. The molecule has 0 amide bonds. The van der Waals surface area contributed by atoms with E-state index in [2.05, 4.69) is 0 Å². The van der Waals surface area contributed by atoms with Crippen molar-refractivity contribution in [3.8, 4) is 0 Å². The summed E-state index contributed by atoms with van der Waals surface area (Å²) >= 11 is 0. The Morgan fingerprint density at radius 2 is 1.87 bits per heavy atom. The van der Waals surface area contributed by atoms with Gasteiger partial charge in [-0.05, 0) is 43.7 Å². The van der Waals surface area contributed by atoms with E-state index in [4.69, 9.17) is 5.73 Å². The minimum absolute atomic E-state index is 0.192. The summed E-state index contributed by atoms with van der Waals surface area (Å²) in [6.07, 6.45) is 2.73. The normalized spacial score (nSPS) is 31.5. The van der Waals surface area contributed by atoms with Gasteiger partial charge in [0.25, 0.3) is 0 Å². The Labute approximate surface area is 90.5 Å². The Hall–Kier alpha value is -0.890. The van der Waals surface area contributed by atoms with E-state index in [1.165, 1.54) is 0 Å². The van der Waals surface area contributed by atoms with Crippen LogP contribution in [0.25, 0.3) is 0 Å². The van der Waals surface area contributed by atoms with Gasteiger partial charge in [-0.1, -0.05) is 24.3 Å². The monoisotopic (exact) mass is 207 g/mol. The van der Waals surface area contributed by atoms with Gasteiger partial charge in [-0.2, -0.15) is 0 Å². The Morgan fingerprint density at radius 3 is 2.47 bits per heavy atom. The molecule has 0 saturated heterocycles. The zero-order chi connectivity index (χ0) is 10.9. The molecule has 0 radical (unpaired) electrons. The van der Waals surface area contributed by atoms with Crippen LogP contribution in [0, 0.1) is 6.92 Å². The zero-order valence-corrected chi connectivity index (χ0v) is 9.17. The van der Waals surface area contributed by atoms with E-state index in [9.17, 15) is 4.39 Å². The molecule has 2 N–H and O–H groups in total. The molecule has 0 spiro atoms. The number of halogens is 1. The molecule has 0 aromatic heterocycles. The maximum atomic E-state index is 14.7. The molecule has 1 nitrogen and oxygen atoms in total. The van der Waals surface area contributed by atoms with Crippen molar-refractivity contribution >= 4 is 0 Å². The summed E-state index contributed by atoms with van der Waals surface area (Å²) in [5.74, 6) is 0. The molecule has 1 fully saturated rings. The highest BCUT2D eigenvalue weighted by atomic mass is 19.1. The summed E-state index contributed by atoms with van der Waals surface area (Å²) in [5.41, 5.74) is 6.58. The highest BCUT2D eigenvalue weighted by Crippen LogP contribution is 2.41. The van der Waals surface area contributed by atoms with Gasteiger partial charge in [0, 0.05) is 6.04 Å². The predicted octanol–water partition coefficient (Wildman–Crippen LogP) is 3.06. The van der Waals surface area contributed by atoms with Crippen LogP contribution in [0.4, 0.5) is 4.39 Å². The molecule has 1 aliphatic carbocycles. The highest BCUT2D eigenvalue weighted by molar-refractivity contribution is 5.31. The molecular weight excluding hydrogens is 189 g/mol. The molecule has 0 aliphatic heterocycles. The van der Waals surface area contributed by atoms with Crippen molar-refractivity contribution in [2.45, 2.75) is 44.3 Å². The third-order valence-corrected chi connectivity index (χ3v) is 3.45. The van der Waals surface area contributed by atoms with Crippen molar-refractivity contribution in [1.82, 2.24) is 0 Å². The molecule has 2 rings (SSSR count). The second kappa shape index (κ2) is 3.93. The molecule has 1 aliphatic rings. The van der Waals surface area contributed by atoms with E-state index in [0.29, 0.717) is 12.8 Å². The standard InChI is InChI=1S/C13H18FN/c1-10-4-2-3-5-12(10)13(14)8-6-11(15)7-9-13/h2-5,11H,6-9,15H2,1H3. The first kappa shape index (κ1) is 10.6. The van der Waals surface area contributed by atoms with Crippen molar-refractivity contribution in [3.63, 3.8) is 0 Å². The van der Waals surface area contributed by atoms with Crippen molar-refractivity contribution in [1.29, 1.82) is 0 Å². The fourth-order valence-corrected chi connectivity index (χ4v) is 2.44. The van der Waals surface area contributed by atoms with Crippen LogP contribution in [0.5, 0.6) is 0 Å². The first-order chi connectivity index (χ1) is 7.12. The van der Waals surface area contributed by atoms with Crippen molar-refractivity contribution < 1.29 is 4.39 Å². The van der Waals surface area contributed by atoms with Crippen LogP contribution in [-0.4, -0.2) is 6.04 Å². The van der Waals surface area contributed by atoms with Crippen LogP contribution in [-0.2, 0) is 5.67 Å². The number of alkyl halides is 1. The van der Waals surface area contributed by atoms with Crippen LogP contribution >= 0.6 is 0 Å². The van der Waals surface area contributed by atoms with Crippen molar-refractivity contribution in [3.05, 3.63) is 35.4 Å². The lowest BCUT2D eigenvalue weighted by Crippen LogP contribution is -2.34. The van der Waals surface area contributed by atoms with Crippen molar-refractivity contribution in [2.75, 3.05) is 0 Å². The summed E-state index contributed by atoms with van der Waals surface area (Å²) in [6.45, 7) is 1.98. The molecule has 0 heterocycles. The Balaban J connectivity index is 2.26. The first-order valence-electron chi connectivity index (χ1n) is 5.62. The number of rotatable bonds is 1. The Bertz CT molecular complexity index is 340. The molecule has 0 bridgehead atoms. The summed E-state index contributed by atoms with van der Waals surface area (Å²) in [5, 5.41) is 0. The van der Waals surface area contributed by atoms with E-state index < -0.39 is 5.67 Å². The topological polar surface area (TPSA) is 26.0 Å². The van der Waals surface area contributed by atoms with Gasteiger partial charge < -0.3 is 5.73 Å². The van der Waals surface area contributed by atoms with Gasteiger partial charge in [0.05, 0.1) is 0 Å². The largest absolute Gasteiger partial charge is 0.328 e. The summed E-state index contributed by atoms with van der Waals surface area (Å²) in [6, 6.07) is 7.95. The van der Waals surface area contributed by atoms with Gasteiger partial charge >= 0.3 is 0 Å². The van der Waals surface area contributed by atoms with Gasteiger partial charge in [-0.3, -0.25) is 0 Å². The Morgan fingerprint density at radius 1 is 1.27 bits per heavy atom. The Kier molecular flexibility index (Phi) is 2.79. The third kappa shape index (κ3) is 2.05. The lowest BCUT2D eigenvalue weighted by atomic mass is 9.78. The van der Waals surface area contributed by atoms with Crippen LogP contribution in [0.3, 0.4) is 0 Å². The molecule has 0 atom stereocenters. The number of nitrogens with two attached hydrogens (primary N) is 1. The lowest BCUT2D eigenvalue weighted by molar-refractivity contribution is 0.0972. The van der Waals surface area contributed by atoms with Gasteiger partial charge in [-0.25, -0.2) is 4.39 Å². The van der Waals surface area contributed by atoms with Gasteiger partial charge in [-0.15, -0.1) is 0 Å². The van der Waals surface area contributed by atoms with Crippen molar-refractivity contribution in [2.24, 2.45) is 5.73 Å². The summed E-state index contributed by atoms with van der Waals surface area (Å²) in [4.78, 5) is 0. The second-order valence-corrected chi connectivity index (χ2v) is 4.62. The molecule has 0 unspecified atom stereocenters. The predicted molar refractivity (Wildman–Crippen MR) is 60.4 cm³/mol. The maximum Gasteiger partial charge on any atom is 0.136 e. The number of benzene rings is 1. The SMILES string of the molecule is Cc1ccccc1C1(F)CCC(N)CC1. The minimum Gasteiger partial charge on any atom is -0.328 e. The van der Waals surface area contributed by atoms with E-state index in [1.807, 2.05) is 31.2 Å². The fourth-order valence-electron chi connectivity index (χ4n) is 2.44. The van der Waals surface area contributed by atoms with Gasteiger partial charge in [0.2, 0.25) is 0 Å². The molecule has 1 aromatic carbocycles. The summed E-state index contributed by atoms with van der Waals surface area (Å²) < 4.78 is 14.7. The lowest BCUT2D eigenvalue weighted by Gasteiger charge is -2.33. The molecular formula is C13H18FN. The molecule has 82 valence electrons. The van der Waals surface area contributed by atoms with Crippen LogP contribution in [0.15, 0.2) is 24.3 Å². The quantitative estimate of drug-likeness (QED) is 0.752. The fraction of sp³-hybridized carbons (Fsp3) is 0.538. The number of hydrogen-bond acceptors (Lipinski definition) is 1. The van der Waals surface area contributed by atoms with E-state index in [1.54, 1.807) is 0 Å². The summed E-state index contributed by atoms with van der Waals surface area (Å²) in [7, 11) is 0.